The highest BCUT2D eigenvalue weighted by Crippen LogP contribution is 2.26. The van der Waals surface area contributed by atoms with Gasteiger partial charge in [-0.2, -0.15) is 0 Å². The van der Waals surface area contributed by atoms with E-state index in [1.165, 1.54) is 0 Å². The van der Waals surface area contributed by atoms with Crippen molar-refractivity contribution in [3.8, 4) is 11.5 Å². The van der Waals surface area contributed by atoms with E-state index in [1.54, 1.807) is 54.6 Å². The molecule has 3 aromatic rings. The third-order valence-electron chi connectivity index (χ3n) is 3.56. The van der Waals surface area contributed by atoms with Gasteiger partial charge in [0.15, 0.2) is 0 Å². The Labute approximate surface area is 159 Å². The summed E-state index contributed by atoms with van der Waals surface area (Å²) >= 11 is 11.9. The number of rotatable bonds is 5. The molecule has 25 heavy (non-hydrogen) atoms. The van der Waals surface area contributed by atoms with Crippen molar-refractivity contribution in [2.24, 2.45) is 0 Å². The van der Waals surface area contributed by atoms with Crippen LogP contribution in [0.3, 0.4) is 0 Å². The van der Waals surface area contributed by atoms with Crippen LogP contribution in [0.25, 0.3) is 0 Å². The normalized spacial score (nSPS) is 11.8. The SMILES string of the molecule is Cc1c(Cl)cccc1NS(=O)c1ccc(Oc2ccc(Cl)cc2)cc1. The molecule has 3 rings (SSSR count). The lowest BCUT2D eigenvalue weighted by molar-refractivity contribution is 0.482. The molecule has 0 amide bonds. The van der Waals surface area contributed by atoms with Gasteiger partial charge >= 0.3 is 0 Å². The van der Waals surface area contributed by atoms with Crippen LogP contribution in [0.2, 0.25) is 10.0 Å². The molecule has 6 heteroatoms. The molecule has 1 atom stereocenters. The van der Waals surface area contributed by atoms with E-state index < -0.39 is 11.0 Å². The molecule has 0 saturated carbocycles. The van der Waals surface area contributed by atoms with Crippen LogP contribution in [0.1, 0.15) is 5.56 Å². The first-order valence-corrected chi connectivity index (χ1v) is 9.40. The van der Waals surface area contributed by atoms with Crippen LogP contribution in [-0.4, -0.2) is 4.21 Å². The lowest BCUT2D eigenvalue weighted by Gasteiger charge is -2.11. The minimum Gasteiger partial charge on any atom is -0.457 e. The Bertz CT molecular complexity index is 896. The van der Waals surface area contributed by atoms with Crippen molar-refractivity contribution in [2.45, 2.75) is 11.8 Å². The molecule has 0 aliphatic rings. The van der Waals surface area contributed by atoms with Gasteiger partial charge in [-0.05, 0) is 73.2 Å². The average molecular weight is 392 g/mol. The zero-order valence-electron chi connectivity index (χ0n) is 13.3. The molecule has 0 spiro atoms. The smallest absolute Gasteiger partial charge is 0.150 e. The van der Waals surface area contributed by atoms with Gasteiger partial charge in [-0.15, -0.1) is 0 Å². The predicted octanol–water partition coefficient (Wildman–Crippen LogP) is 6.23. The van der Waals surface area contributed by atoms with Crippen LogP contribution in [0.15, 0.2) is 71.6 Å². The summed E-state index contributed by atoms with van der Waals surface area (Å²) in [5.41, 5.74) is 1.60. The van der Waals surface area contributed by atoms with Crippen LogP contribution in [0.5, 0.6) is 11.5 Å². The number of halogens is 2. The van der Waals surface area contributed by atoms with Gasteiger partial charge < -0.3 is 9.46 Å². The van der Waals surface area contributed by atoms with E-state index in [-0.39, 0.29) is 0 Å². The number of benzene rings is 3. The second-order valence-electron chi connectivity index (χ2n) is 5.31. The Morgan fingerprint density at radius 1 is 0.880 bits per heavy atom. The Morgan fingerprint density at radius 3 is 2.12 bits per heavy atom. The van der Waals surface area contributed by atoms with Crippen molar-refractivity contribution in [3.63, 3.8) is 0 Å². The molecule has 3 nitrogen and oxygen atoms in total. The van der Waals surface area contributed by atoms with Crippen LogP contribution < -0.4 is 9.46 Å². The van der Waals surface area contributed by atoms with Crippen molar-refractivity contribution in [2.75, 3.05) is 4.72 Å². The Balaban J connectivity index is 1.70. The van der Waals surface area contributed by atoms with Gasteiger partial charge in [0.25, 0.3) is 0 Å². The van der Waals surface area contributed by atoms with Crippen LogP contribution in [-0.2, 0) is 11.0 Å². The van der Waals surface area contributed by atoms with E-state index in [2.05, 4.69) is 4.72 Å². The van der Waals surface area contributed by atoms with E-state index in [9.17, 15) is 4.21 Å². The summed E-state index contributed by atoms with van der Waals surface area (Å²) in [5.74, 6) is 1.34. The maximum Gasteiger partial charge on any atom is 0.150 e. The summed E-state index contributed by atoms with van der Waals surface area (Å²) in [6, 6.07) is 19.6. The molecule has 0 bridgehead atoms. The monoisotopic (exact) mass is 391 g/mol. The highest BCUT2D eigenvalue weighted by molar-refractivity contribution is 7.86. The highest BCUT2D eigenvalue weighted by atomic mass is 35.5. The highest BCUT2D eigenvalue weighted by Gasteiger charge is 2.08. The molecule has 1 unspecified atom stereocenters. The fourth-order valence-corrected chi connectivity index (χ4v) is 3.37. The molecular formula is C19H15Cl2NO2S. The molecule has 1 N–H and O–H groups in total. The van der Waals surface area contributed by atoms with E-state index in [0.717, 1.165) is 11.3 Å². The topological polar surface area (TPSA) is 38.3 Å². The van der Waals surface area contributed by atoms with Crippen molar-refractivity contribution >= 4 is 39.9 Å². The molecule has 0 aliphatic heterocycles. The number of ether oxygens (including phenoxy) is 1. The van der Waals surface area contributed by atoms with Crippen molar-refractivity contribution in [3.05, 3.63) is 82.3 Å². The minimum absolute atomic E-state index is 0.633. The van der Waals surface area contributed by atoms with E-state index in [4.69, 9.17) is 27.9 Å². The standard InChI is InChI=1S/C19H15Cl2NO2S/c1-13-18(21)3-2-4-19(13)22-25(23)17-11-9-16(10-12-17)24-15-7-5-14(20)6-8-15/h2-12,22H,1H3. The number of hydrogen-bond acceptors (Lipinski definition) is 2. The van der Waals surface area contributed by atoms with Crippen LogP contribution in [0, 0.1) is 6.92 Å². The predicted molar refractivity (Wildman–Crippen MR) is 104 cm³/mol. The summed E-state index contributed by atoms with van der Waals surface area (Å²) in [6.45, 7) is 1.88. The lowest BCUT2D eigenvalue weighted by Crippen LogP contribution is -2.06. The van der Waals surface area contributed by atoms with E-state index in [0.29, 0.717) is 26.4 Å². The minimum atomic E-state index is -1.39. The molecule has 3 aromatic carbocycles. The summed E-state index contributed by atoms with van der Waals surface area (Å²) in [4.78, 5) is 0.642. The third kappa shape index (κ3) is 4.54. The number of hydrogen-bond donors (Lipinski definition) is 1. The van der Waals surface area contributed by atoms with E-state index in [1.807, 2.05) is 19.1 Å². The molecular weight excluding hydrogens is 377 g/mol. The first kappa shape index (κ1) is 17.8. The molecule has 0 aromatic heterocycles. The molecule has 0 saturated heterocycles. The number of nitrogens with one attached hydrogen (secondary N) is 1. The van der Waals surface area contributed by atoms with Crippen molar-refractivity contribution < 1.29 is 8.95 Å². The second-order valence-corrected chi connectivity index (χ2v) is 7.37. The molecule has 0 aliphatic carbocycles. The summed E-state index contributed by atoms with van der Waals surface area (Å²) in [7, 11) is -1.39. The maximum atomic E-state index is 12.5. The quantitative estimate of drug-likeness (QED) is 0.559. The lowest BCUT2D eigenvalue weighted by atomic mass is 10.2. The van der Waals surface area contributed by atoms with Crippen LogP contribution in [0.4, 0.5) is 5.69 Å². The molecule has 128 valence electrons. The Kier molecular flexibility index (Phi) is 5.63. The molecule has 0 heterocycles. The van der Waals surface area contributed by atoms with Gasteiger partial charge in [0.05, 0.1) is 10.6 Å². The zero-order valence-corrected chi connectivity index (χ0v) is 15.7. The number of anilines is 1. The fourth-order valence-electron chi connectivity index (χ4n) is 2.15. The van der Waals surface area contributed by atoms with Gasteiger partial charge in [0, 0.05) is 10.0 Å². The Morgan fingerprint density at radius 2 is 1.48 bits per heavy atom. The van der Waals surface area contributed by atoms with Gasteiger partial charge in [-0.1, -0.05) is 29.3 Å². The third-order valence-corrected chi connectivity index (χ3v) is 5.32. The summed E-state index contributed by atoms with van der Waals surface area (Å²) < 4.78 is 21.2. The average Bonchev–Trinajstić information content (AvgIpc) is 2.61. The van der Waals surface area contributed by atoms with Gasteiger partial charge in [0.1, 0.15) is 22.5 Å². The maximum absolute atomic E-state index is 12.5. The Hall–Kier alpha value is -2.01. The first-order valence-electron chi connectivity index (χ1n) is 7.50. The summed E-state index contributed by atoms with van der Waals surface area (Å²) in [6.07, 6.45) is 0. The molecule has 0 fully saturated rings. The van der Waals surface area contributed by atoms with Crippen LogP contribution >= 0.6 is 23.2 Å². The van der Waals surface area contributed by atoms with Gasteiger partial charge in [-0.25, -0.2) is 4.21 Å². The fraction of sp³-hybridized carbons (Fsp3) is 0.0526. The molecule has 0 radical (unpaired) electrons. The van der Waals surface area contributed by atoms with Gasteiger partial charge in [0.2, 0.25) is 0 Å². The first-order chi connectivity index (χ1) is 12.0. The second kappa shape index (κ2) is 7.91. The zero-order chi connectivity index (χ0) is 17.8. The van der Waals surface area contributed by atoms with Crippen molar-refractivity contribution in [1.29, 1.82) is 0 Å². The van der Waals surface area contributed by atoms with Gasteiger partial charge in [-0.3, -0.25) is 0 Å². The summed E-state index contributed by atoms with van der Waals surface area (Å²) in [5, 5.41) is 1.29. The largest absolute Gasteiger partial charge is 0.457 e. The van der Waals surface area contributed by atoms with Crippen molar-refractivity contribution in [1.82, 2.24) is 0 Å². The van der Waals surface area contributed by atoms with E-state index >= 15 is 0 Å².